The highest BCUT2D eigenvalue weighted by molar-refractivity contribution is 5.81. The maximum Gasteiger partial charge on any atom is 0.305 e. The molecule has 2 N–H and O–H groups in total. The lowest BCUT2D eigenvalue weighted by molar-refractivity contribution is -0.137. The molecule has 0 aliphatic carbocycles. The number of benzene rings is 1. The summed E-state index contributed by atoms with van der Waals surface area (Å²) in [6.45, 7) is 2.49. The summed E-state index contributed by atoms with van der Waals surface area (Å²) in [4.78, 5) is 20.8. The van der Waals surface area contributed by atoms with Gasteiger partial charge in [0.1, 0.15) is 11.6 Å². The number of fused-ring (bicyclic) bond motifs is 2. The van der Waals surface area contributed by atoms with E-state index in [0.717, 1.165) is 58.7 Å². The molecule has 196 valence electrons. The number of carbonyl (C=O) groups is 1. The molecule has 10 nitrogen and oxygen atoms in total. The van der Waals surface area contributed by atoms with Gasteiger partial charge in [0.15, 0.2) is 6.29 Å². The summed E-state index contributed by atoms with van der Waals surface area (Å²) in [7, 11) is 0. The Bertz CT molecular complexity index is 1450. The molecule has 0 bridgehead atoms. The van der Waals surface area contributed by atoms with E-state index in [1.54, 1.807) is 23.3 Å². The first kappa shape index (κ1) is 24.3. The summed E-state index contributed by atoms with van der Waals surface area (Å²) in [6, 6.07) is 11.3. The van der Waals surface area contributed by atoms with Crippen LogP contribution in [0.25, 0.3) is 10.9 Å². The number of aliphatic carboxylic acids is 1. The molecular weight excluding hydrogens is 486 g/mol. The molecule has 0 spiro atoms. The van der Waals surface area contributed by atoms with E-state index >= 15 is 0 Å². The van der Waals surface area contributed by atoms with Gasteiger partial charge >= 0.3 is 5.97 Å². The van der Waals surface area contributed by atoms with Crippen LogP contribution >= 0.6 is 0 Å². The highest BCUT2D eigenvalue weighted by atomic mass is 16.7. The smallest absolute Gasteiger partial charge is 0.305 e. The molecule has 38 heavy (non-hydrogen) atoms. The number of ether oxygens (including phenoxy) is 3. The molecule has 4 aromatic rings. The third-order valence-electron chi connectivity index (χ3n) is 6.87. The number of nitrogens with zero attached hydrogens (tertiary/aromatic N) is 4. The number of carboxylic acid groups (broad SMARTS) is 1. The average Bonchev–Trinajstić information content (AvgIpc) is 3.62. The first-order valence-electron chi connectivity index (χ1n) is 12.9. The fourth-order valence-electron chi connectivity index (χ4n) is 5.00. The van der Waals surface area contributed by atoms with Crippen LogP contribution in [-0.4, -0.2) is 57.2 Å². The first-order valence-corrected chi connectivity index (χ1v) is 12.9. The van der Waals surface area contributed by atoms with Crippen LogP contribution in [0.5, 0.6) is 5.75 Å². The topological polar surface area (TPSA) is 121 Å². The number of nitrogens with one attached hydrogen (secondary N) is 1. The van der Waals surface area contributed by atoms with E-state index < -0.39 is 18.3 Å². The van der Waals surface area contributed by atoms with Crippen molar-refractivity contribution in [1.82, 2.24) is 19.7 Å². The van der Waals surface area contributed by atoms with Gasteiger partial charge < -0.3 is 24.6 Å². The number of aryl methyl sites for hydroxylation is 1. The number of hydrogen-bond donors (Lipinski definition) is 2. The molecule has 6 rings (SSSR count). The molecule has 1 aromatic carbocycles. The summed E-state index contributed by atoms with van der Waals surface area (Å²) >= 11 is 0. The molecule has 3 aromatic heterocycles. The minimum Gasteiger partial charge on any atom is -0.493 e. The van der Waals surface area contributed by atoms with Crippen LogP contribution in [-0.2, 0) is 27.1 Å². The lowest BCUT2D eigenvalue weighted by atomic mass is 10.0. The van der Waals surface area contributed by atoms with Crippen molar-refractivity contribution in [2.45, 2.75) is 38.0 Å². The van der Waals surface area contributed by atoms with Gasteiger partial charge in [-0.25, -0.2) is 4.98 Å². The van der Waals surface area contributed by atoms with E-state index in [9.17, 15) is 9.90 Å². The van der Waals surface area contributed by atoms with Gasteiger partial charge in [-0.15, -0.1) is 0 Å². The Morgan fingerprint density at radius 3 is 2.92 bits per heavy atom. The van der Waals surface area contributed by atoms with E-state index in [1.807, 2.05) is 24.3 Å². The minimum atomic E-state index is -0.927. The quantitative estimate of drug-likeness (QED) is 0.342. The number of hydrogen-bond acceptors (Lipinski definition) is 8. The second-order valence-electron chi connectivity index (χ2n) is 9.49. The van der Waals surface area contributed by atoms with Gasteiger partial charge in [0.25, 0.3) is 0 Å². The van der Waals surface area contributed by atoms with Gasteiger partial charge in [-0.2, -0.15) is 5.10 Å². The van der Waals surface area contributed by atoms with Crippen LogP contribution in [0.1, 0.15) is 47.6 Å². The van der Waals surface area contributed by atoms with Crippen molar-refractivity contribution in [2.24, 2.45) is 0 Å². The highest BCUT2D eigenvalue weighted by Gasteiger charge is 2.24. The number of anilines is 1. The second-order valence-corrected chi connectivity index (χ2v) is 9.49. The van der Waals surface area contributed by atoms with Crippen molar-refractivity contribution in [3.8, 4) is 5.75 Å². The number of aromatic nitrogens is 4. The van der Waals surface area contributed by atoms with Crippen molar-refractivity contribution in [3.63, 3.8) is 0 Å². The van der Waals surface area contributed by atoms with Crippen LogP contribution in [0.15, 0.2) is 55.0 Å². The monoisotopic (exact) mass is 515 g/mol. The van der Waals surface area contributed by atoms with Gasteiger partial charge in [-0.3, -0.25) is 14.5 Å². The first-order chi connectivity index (χ1) is 18.6. The van der Waals surface area contributed by atoms with Gasteiger partial charge in [0.2, 0.25) is 0 Å². The Balaban J connectivity index is 1.19. The predicted molar refractivity (Wildman–Crippen MR) is 139 cm³/mol. The molecule has 1 atom stereocenters. The van der Waals surface area contributed by atoms with Gasteiger partial charge in [0, 0.05) is 42.0 Å². The van der Waals surface area contributed by atoms with Crippen LogP contribution in [0.2, 0.25) is 0 Å². The van der Waals surface area contributed by atoms with Gasteiger partial charge in [-0.05, 0) is 54.3 Å². The number of carboxylic acids is 1. The fourth-order valence-corrected chi connectivity index (χ4v) is 5.00. The summed E-state index contributed by atoms with van der Waals surface area (Å²) in [6.07, 6.45) is 7.35. The summed E-state index contributed by atoms with van der Waals surface area (Å²) in [5.74, 6) is 0.785. The molecule has 0 radical (unpaired) electrons. The molecule has 10 heteroatoms. The maximum absolute atomic E-state index is 11.8. The molecule has 0 saturated carbocycles. The zero-order valence-electron chi connectivity index (χ0n) is 20.9. The molecule has 1 fully saturated rings. The van der Waals surface area contributed by atoms with E-state index in [0.29, 0.717) is 26.2 Å². The van der Waals surface area contributed by atoms with Crippen LogP contribution in [0.3, 0.4) is 0 Å². The molecule has 5 heterocycles. The van der Waals surface area contributed by atoms with Crippen molar-refractivity contribution in [2.75, 3.05) is 31.7 Å². The molecule has 2 aliphatic heterocycles. The Kier molecular flexibility index (Phi) is 6.89. The lowest BCUT2D eigenvalue weighted by Crippen LogP contribution is -2.17. The van der Waals surface area contributed by atoms with E-state index in [2.05, 4.69) is 27.5 Å². The Morgan fingerprint density at radius 1 is 1.16 bits per heavy atom. The van der Waals surface area contributed by atoms with Crippen molar-refractivity contribution >= 4 is 22.7 Å². The third kappa shape index (κ3) is 5.18. The zero-order valence-corrected chi connectivity index (χ0v) is 20.9. The average molecular weight is 516 g/mol. The van der Waals surface area contributed by atoms with Crippen LogP contribution in [0.4, 0.5) is 5.82 Å². The van der Waals surface area contributed by atoms with E-state index in [1.165, 1.54) is 5.56 Å². The Morgan fingerprint density at radius 2 is 2.05 bits per heavy atom. The standard InChI is InChI=1S/C28H29N5O5/c34-26(35)14-25(19-12-21(16-29-15-19)28-37-10-11-38-28)33-24-6-5-23(13-20(24)17-31-33)36-9-7-22-4-3-18-2-1-8-30-27(18)32-22/h3-6,12-13,15-17,25,28H,1-2,7-11,14H2,(H,30,32)(H,34,35)/t25-/m1/s1. The van der Waals surface area contributed by atoms with E-state index in [4.69, 9.17) is 19.2 Å². The largest absolute Gasteiger partial charge is 0.493 e. The highest BCUT2D eigenvalue weighted by Crippen LogP contribution is 2.31. The van der Waals surface area contributed by atoms with Crippen molar-refractivity contribution in [3.05, 3.63) is 77.4 Å². The zero-order chi connectivity index (χ0) is 25.9. The maximum atomic E-state index is 11.8. The number of rotatable bonds is 9. The van der Waals surface area contributed by atoms with Gasteiger partial charge in [-0.1, -0.05) is 6.07 Å². The minimum absolute atomic E-state index is 0.144. The SMILES string of the molecule is O=C(O)C[C@H](c1cncc(C2OCCO2)c1)n1ncc2cc(OCCc3ccc4c(n3)NCCC4)ccc21. The van der Waals surface area contributed by atoms with E-state index in [-0.39, 0.29) is 6.42 Å². The summed E-state index contributed by atoms with van der Waals surface area (Å²) in [5, 5.41) is 18.4. The van der Waals surface area contributed by atoms with Crippen molar-refractivity contribution < 1.29 is 24.1 Å². The second kappa shape index (κ2) is 10.8. The fraction of sp³-hybridized carbons (Fsp3) is 0.357. The molecule has 0 amide bonds. The number of pyridine rings is 2. The third-order valence-corrected chi connectivity index (χ3v) is 6.87. The Hall–Kier alpha value is -4.02. The van der Waals surface area contributed by atoms with Gasteiger partial charge in [0.05, 0.1) is 44.0 Å². The molecular formula is C28H29N5O5. The van der Waals surface area contributed by atoms with Crippen molar-refractivity contribution in [1.29, 1.82) is 0 Å². The molecule has 0 unspecified atom stereocenters. The van der Waals surface area contributed by atoms with Crippen LogP contribution in [0, 0.1) is 0 Å². The molecule has 2 aliphatic rings. The molecule has 1 saturated heterocycles. The summed E-state index contributed by atoms with van der Waals surface area (Å²) < 4.78 is 18.9. The van der Waals surface area contributed by atoms with Crippen LogP contribution < -0.4 is 10.1 Å². The predicted octanol–water partition coefficient (Wildman–Crippen LogP) is 3.92. The lowest BCUT2D eigenvalue weighted by Gasteiger charge is -2.19. The Labute approximate surface area is 219 Å². The summed E-state index contributed by atoms with van der Waals surface area (Å²) in [5.41, 5.74) is 4.55. The normalized spacial score (nSPS) is 16.2.